The third-order valence-corrected chi connectivity index (χ3v) is 3.02. The lowest BCUT2D eigenvalue weighted by atomic mass is 10.2. The maximum absolute atomic E-state index is 11.4. The van der Waals surface area contributed by atoms with Gasteiger partial charge in [0.1, 0.15) is 0 Å². The van der Waals surface area contributed by atoms with Crippen LogP contribution in [0, 0.1) is 13.8 Å². The molecule has 0 saturated carbocycles. The van der Waals surface area contributed by atoms with E-state index in [1.165, 1.54) is 11.3 Å². The number of hydrogen-bond acceptors (Lipinski definition) is 4. The van der Waals surface area contributed by atoms with Crippen molar-refractivity contribution in [3.05, 3.63) is 10.6 Å². The molecule has 0 saturated heterocycles. The second-order valence-electron chi connectivity index (χ2n) is 3.16. The number of anilines is 1. The Kier molecular flexibility index (Phi) is 3.60. The summed E-state index contributed by atoms with van der Waals surface area (Å²) in [6, 6.07) is -0.445. The van der Waals surface area contributed by atoms with Crippen molar-refractivity contribution in [2.45, 2.75) is 33.2 Å². The van der Waals surface area contributed by atoms with Gasteiger partial charge in [0.2, 0.25) is 5.91 Å². The molecule has 5 heteroatoms. The van der Waals surface area contributed by atoms with Crippen molar-refractivity contribution >= 4 is 22.4 Å². The molecule has 0 radical (unpaired) electrons. The standard InChI is InChI=1S/C9H15N3OS/c1-4-7(10)8(13)12-9-11-5(2)6(3)14-9/h7H,4,10H2,1-3H3,(H,11,12,13). The Bertz CT molecular complexity index is 315. The summed E-state index contributed by atoms with van der Waals surface area (Å²) < 4.78 is 0. The smallest absolute Gasteiger partial charge is 0.243 e. The van der Waals surface area contributed by atoms with Gasteiger partial charge in [0, 0.05) is 4.88 Å². The molecule has 1 aromatic heterocycles. The van der Waals surface area contributed by atoms with E-state index in [2.05, 4.69) is 10.3 Å². The molecule has 0 bridgehead atoms. The molecule has 14 heavy (non-hydrogen) atoms. The first-order valence-electron chi connectivity index (χ1n) is 4.55. The van der Waals surface area contributed by atoms with Crippen LogP contribution in [-0.4, -0.2) is 16.9 Å². The molecule has 1 amide bonds. The van der Waals surface area contributed by atoms with Crippen LogP contribution >= 0.6 is 11.3 Å². The van der Waals surface area contributed by atoms with E-state index in [1.807, 2.05) is 20.8 Å². The van der Waals surface area contributed by atoms with Gasteiger partial charge in [-0.3, -0.25) is 4.79 Å². The lowest BCUT2D eigenvalue weighted by Gasteiger charge is -2.06. The van der Waals surface area contributed by atoms with E-state index in [4.69, 9.17) is 5.73 Å². The topological polar surface area (TPSA) is 68.0 Å². The minimum atomic E-state index is -0.445. The van der Waals surface area contributed by atoms with Crippen LogP contribution in [0.4, 0.5) is 5.13 Å². The van der Waals surface area contributed by atoms with Crippen molar-refractivity contribution in [1.29, 1.82) is 0 Å². The van der Waals surface area contributed by atoms with Gasteiger partial charge in [-0.05, 0) is 20.3 Å². The van der Waals surface area contributed by atoms with E-state index < -0.39 is 6.04 Å². The Morgan fingerprint density at radius 3 is 2.71 bits per heavy atom. The van der Waals surface area contributed by atoms with Crippen molar-refractivity contribution in [3.8, 4) is 0 Å². The Hall–Kier alpha value is -0.940. The number of rotatable bonds is 3. The Morgan fingerprint density at radius 2 is 2.29 bits per heavy atom. The zero-order chi connectivity index (χ0) is 10.7. The minimum absolute atomic E-state index is 0.166. The molecule has 3 N–H and O–H groups in total. The second-order valence-corrected chi connectivity index (χ2v) is 4.37. The number of aryl methyl sites for hydroxylation is 2. The Labute approximate surface area is 87.5 Å². The number of carbonyl (C=O) groups excluding carboxylic acids is 1. The molecule has 0 aliphatic heterocycles. The first-order chi connectivity index (χ1) is 6.54. The van der Waals surface area contributed by atoms with Crippen LogP contribution in [0.5, 0.6) is 0 Å². The van der Waals surface area contributed by atoms with Gasteiger partial charge in [-0.25, -0.2) is 4.98 Å². The molecule has 0 aliphatic carbocycles. The Balaban J connectivity index is 2.65. The highest BCUT2D eigenvalue weighted by Crippen LogP contribution is 2.20. The SMILES string of the molecule is CCC(N)C(=O)Nc1nc(C)c(C)s1. The predicted molar refractivity (Wildman–Crippen MR) is 58.5 cm³/mol. The van der Waals surface area contributed by atoms with E-state index in [0.717, 1.165) is 10.6 Å². The quantitative estimate of drug-likeness (QED) is 0.798. The van der Waals surface area contributed by atoms with E-state index in [9.17, 15) is 4.79 Å². The number of nitrogens with two attached hydrogens (primary N) is 1. The fourth-order valence-electron chi connectivity index (χ4n) is 0.910. The van der Waals surface area contributed by atoms with Crippen molar-refractivity contribution in [2.75, 3.05) is 5.32 Å². The van der Waals surface area contributed by atoms with Gasteiger partial charge in [-0.2, -0.15) is 0 Å². The molecule has 0 fully saturated rings. The van der Waals surface area contributed by atoms with Crippen LogP contribution in [0.1, 0.15) is 23.9 Å². The molecule has 1 aromatic rings. The van der Waals surface area contributed by atoms with Gasteiger partial charge < -0.3 is 11.1 Å². The average molecular weight is 213 g/mol. The van der Waals surface area contributed by atoms with Crippen LogP contribution in [0.3, 0.4) is 0 Å². The van der Waals surface area contributed by atoms with Crippen LogP contribution in [0.25, 0.3) is 0 Å². The fourth-order valence-corrected chi connectivity index (χ4v) is 1.73. The minimum Gasteiger partial charge on any atom is -0.320 e. The monoisotopic (exact) mass is 213 g/mol. The Morgan fingerprint density at radius 1 is 1.64 bits per heavy atom. The van der Waals surface area contributed by atoms with Gasteiger partial charge >= 0.3 is 0 Å². The van der Waals surface area contributed by atoms with Gasteiger partial charge in [0.15, 0.2) is 5.13 Å². The highest BCUT2D eigenvalue weighted by molar-refractivity contribution is 7.15. The highest BCUT2D eigenvalue weighted by Gasteiger charge is 2.13. The average Bonchev–Trinajstić information content (AvgIpc) is 2.44. The van der Waals surface area contributed by atoms with E-state index >= 15 is 0 Å². The lowest BCUT2D eigenvalue weighted by Crippen LogP contribution is -2.34. The molecule has 4 nitrogen and oxygen atoms in total. The number of carbonyl (C=O) groups is 1. The molecular weight excluding hydrogens is 198 g/mol. The summed E-state index contributed by atoms with van der Waals surface area (Å²) in [7, 11) is 0. The number of aromatic nitrogens is 1. The first kappa shape index (κ1) is 11.1. The maximum atomic E-state index is 11.4. The van der Waals surface area contributed by atoms with Crippen LogP contribution in [0.15, 0.2) is 0 Å². The third kappa shape index (κ3) is 2.52. The van der Waals surface area contributed by atoms with Gasteiger partial charge in [0.05, 0.1) is 11.7 Å². The number of thiazole rings is 1. The summed E-state index contributed by atoms with van der Waals surface area (Å²) in [4.78, 5) is 16.7. The number of nitrogens with one attached hydrogen (secondary N) is 1. The highest BCUT2D eigenvalue weighted by atomic mass is 32.1. The number of nitrogens with zero attached hydrogens (tertiary/aromatic N) is 1. The second kappa shape index (κ2) is 4.52. The first-order valence-corrected chi connectivity index (χ1v) is 5.36. The van der Waals surface area contributed by atoms with Crippen molar-refractivity contribution in [1.82, 2.24) is 4.98 Å². The van der Waals surface area contributed by atoms with Gasteiger partial charge in [-0.1, -0.05) is 6.92 Å². The van der Waals surface area contributed by atoms with Crippen molar-refractivity contribution in [2.24, 2.45) is 5.73 Å². The van der Waals surface area contributed by atoms with E-state index in [0.29, 0.717) is 11.6 Å². The lowest BCUT2D eigenvalue weighted by molar-refractivity contribution is -0.117. The molecule has 78 valence electrons. The zero-order valence-corrected chi connectivity index (χ0v) is 9.44. The predicted octanol–water partition coefficient (Wildman–Crippen LogP) is 1.44. The number of amides is 1. The summed E-state index contributed by atoms with van der Waals surface area (Å²) in [5, 5.41) is 3.33. The number of hydrogen-bond donors (Lipinski definition) is 2. The van der Waals surface area contributed by atoms with Crippen LogP contribution in [-0.2, 0) is 4.79 Å². The molecular formula is C9H15N3OS. The van der Waals surface area contributed by atoms with Crippen LogP contribution in [0.2, 0.25) is 0 Å². The summed E-state index contributed by atoms with van der Waals surface area (Å²) in [5.41, 5.74) is 6.53. The summed E-state index contributed by atoms with van der Waals surface area (Å²) >= 11 is 1.47. The largest absolute Gasteiger partial charge is 0.320 e. The summed E-state index contributed by atoms with van der Waals surface area (Å²) in [5.74, 6) is -0.166. The van der Waals surface area contributed by atoms with Gasteiger partial charge in [0.25, 0.3) is 0 Å². The van der Waals surface area contributed by atoms with Crippen LogP contribution < -0.4 is 11.1 Å². The molecule has 0 spiro atoms. The molecule has 0 aliphatic rings. The fraction of sp³-hybridized carbons (Fsp3) is 0.556. The van der Waals surface area contributed by atoms with Crippen molar-refractivity contribution in [3.63, 3.8) is 0 Å². The van der Waals surface area contributed by atoms with E-state index in [-0.39, 0.29) is 5.91 Å². The summed E-state index contributed by atoms with van der Waals surface area (Å²) in [6.45, 7) is 5.77. The van der Waals surface area contributed by atoms with Gasteiger partial charge in [-0.15, -0.1) is 11.3 Å². The van der Waals surface area contributed by atoms with Crippen molar-refractivity contribution < 1.29 is 4.79 Å². The molecule has 1 rings (SSSR count). The normalized spacial score (nSPS) is 12.6. The zero-order valence-electron chi connectivity index (χ0n) is 8.63. The van der Waals surface area contributed by atoms with E-state index in [1.54, 1.807) is 0 Å². The molecule has 0 aromatic carbocycles. The molecule has 1 unspecified atom stereocenters. The molecule has 1 atom stereocenters. The molecule has 1 heterocycles. The summed E-state index contributed by atoms with van der Waals surface area (Å²) in [6.07, 6.45) is 0.634. The third-order valence-electron chi connectivity index (χ3n) is 2.04. The maximum Gasteiger partial charge on any atom is 0.243 e.